The van der Waals surface area contributed by atoms with Gasteiger partial charge in [-0.3, -0.25) is 4.79 Å². The van der Waals surface area contributed by atoms with Crippen molar-refractivity contribution in [2.45, 2.75) is 6.54 Å². The van der Waals surface area contributed by atoms with Gasteiger partial charge in [-0.05, 0) is 35.9 Å². The van der Waals surface area contributed by atoms with Crippen LogP contribution in [0.4, 0.5) is 4.39 Å². The van der Waals surface area contributed by atoms with E-state index in [2.05, 4.69) is 5.32 Å². The molecule has 0 unspecified atom stereocenters. The van der Waals surface area contributed by atoms with Crippen molar-refractivity contribution < 1.29 is 9.18 Å². The fourth-order valence-electron chi connectivity index (χ4n) is 2.85. The first-order chi connectivity index (χ1) is 13.7. The van der Waals surface area contributed by atoms with E-state index in [-0.39, 0.29) is 11.7 Å². The molecule has 0 spiro atoms. The van der Waals surface area contributed by atoms with Crippen molar-refractivity contribution in [2.75, 3.05) is 0 Å². The predicted octanol–water partition coefficient (Wildman–Crippen LogP) is 5.55. The van der Waals surface area contributed by atoms with Gasteiger partial charge >= 0.3 is 0 Å². The molecule has 0 aliphatic rings. The molecule has 0 fully saturated rings. The molecule has 1 aromatic heterocycles. The standard InChI is InChI=1S/C23H17FN2OS/c24-20-11-9-18(10-12-20)22(27)25-14-16-5-4-8-19(13-16)23-26-21(15-28-23)17-6-2-1-3-7-17/h1-13,15H,14H2,(H,25,27). The van der Waals surface area contributed by atoms with Gasteiger partial charge in [0.15, 0.2) is 0 Å². The van der Waals surface area contributed by atoms with Crippen molar-refractivity contribution in [1.82, 2.24) is 10.3 Å². The maximum atomic E-state index is 13.0. The molecule has 1 heterocycles. The Morgan fingerprint density at radius 2 is 1.68 bits per heavy atom. The first-order valence-corrected chi connectivity index (χ1v) is 9.71. The summed E-state index contributed by atoms with van der Waals surface area (Å²) >= 11 is 1.59. The normalized spacial score (nSPS) is 10.6. The minimum Gasteiger partial charge on any atom is -0.348 e. The smallest absolute Gasteiger partial charge is 0.251 e. The van der Waals surface area contributed by atoms with E-state index in [0.29, 0.717) is 12.1 Å². The number of thiazole rings is 1. The maximum Gasteiger partial charge on any atom is 0.251 e. The van der Waals surface area contributed by atoms with Crippen molar-refractivity contribution in [2.24, 2.45) is 0 Å². The summed E-state index contributed by atoms with van der Waals surface area (Å²) in [5.74, 6) is -0.589. The molecule has 28 heavy (non-hydrogen) atoms. The first-order valence-electron chi connectivity index (χ1n) is 8.83. The van der Waals surface area contributed by atoms with E-state index in [1.807, 2.05) is 60.0 Å². The highest BCUT2D eigenvalue weighted by Crippen LogP contribution is 2.29. The molecule has 3 aromatic carbocycles. The van der Waals surface area contributed by atoms with Crippen LogP contribution in [-0.4, -0.2) is 10.9 Å². The Bertz CT molecular complexity index is 1090. The molecule has 0 aliphatic carbocycles. The number of carbonyl (C=O) groups excluding carboxylic acids is 1. The van der Waals surface area contributed by atoms with Crippen molar-refractivity contribution >= 4 is 17.2 Å². The lowest BCUT2D eigenvalue weighted by Crippen LogP contribution is -2.22. The number of hydrogen-bond acceptors (Lipinski definition) is 3. The third kappa shape index (κ3) is 4.15. The quantitative estimate of drug-likeness (QED) is 0.487. The predicted molar refractivity (Wildman–Crippen MR) is 111 cm³/mol. The van der Waals surface area contributed by atoms with Gasteiger partial charge in [0.05, 0.1) is 5.69 Å². The highest BCUT2D eigenvalue weighted by molar-refractivity contribution is 7.13. The number of aromatic nitrogens is 1. The molecule has 4 rings (SSSR count). The molecule has 0 radical (unpaired) electrons. The molecular formula is C23H17FN2OS. The number of nitrogens with one attached hydrogen (secondary N) is 1. The highest BCUT2D eigenvalue weighted by Gasteiger charge is 2.09. The molecule has 3 nitrogen and oxygen atoms in total. The van der Waals surface area contributed by atoms with Crippen LogP contribution >= 0.6 is 11.3 Å². The Hall–Kier alpha value is -3.31. The molecular weight excluding hydrogens is 371 g/mol. The Balaban J connectivity index is 1.47. The minimum absolute atomic E-state index is 0.231. The lowest BCUT2D eigenvalue weighted by Gasteiger charge is -2.07. The molecule has 5 heteroatoms. The molecule has 0 atom stereocenters. The number of rotatable bonds is 5. The zero-order valence-electron chi connectivity index (χ0n) is 14.9. The molecule has 4 aromatic rings. The first kappa shape index (κ1) is 18.1. The number of benzene rings is 3. The van der Waals surface area contributed by atoms with Crippen molar-refractivity contribution in [3.63, 3.8) is 0 Å². The average molecular weight is 388 g/mol. The summed E-state index contributed by atoms with van der Waals surface area (Å²) in [6, 6.07) is 23.5. The zero-order valence-corrected chi connectivity index (χ0v) is 15.7. The van der Waals surface area contributed by atoms with Gasteiger partial charge in [-0.2, -0.15) is 0 Å². The molecule has 138 valence electrons. The third-order valence-corrected chi connectivity index (χ3v) is 5.20. The van der Waals surface area contributed by atoms with Gasteiger partial charge in [-0.1, -0.05) is 48.5 Å². The van der Waals surface area contributed by atoms with E-state index in [1.54, 1.807) is 11.3 Å². The Morgan fingerprint density at radius 3 is 2.46 bits per heavy atom. The van der Waals surface area contributed by atoms with Crippen molar-refractivity contribution in [3.05, 3.63) is 101 Å². The second-order valence-corrected chi connectivity index (χ2v) is 7.15. The second-order valence-electron chi connectivity index (χ2n) is 6.29. The Labute approximate surface area is 166 Å². The highest BCUT2D eigenvalue weighted by atomic mass is 32.1. The number of nitrogens with zero attached hydrogens (tertiary/aromatic N) is 1. The fraction of sp³-hybridized carbons (Fsp3) is 0.0435. The second kappa shape index (κ2) is 8.15. The van der Waals surface area contributed by atoms with E-state index in [1.165, 1.54) is 24.3 Å². The van der Waals surface area contributed by atoms with Crippen LogP contribution in [0.1, 0.15) is 15.9 Å². The fourth-order valence-corrected chi connectivity index (χ4v) is 3.67. The summed E-state index contributed by atoms with van der Waals surface area (Å²) in [7, 11) is 0. The molecule has 0 aliphatic heterocycles. The van der Waals surface area contributed by atoms with E-state index in [4.69, 9.17) is 4.98 Å². The van der Waals surface area contributed by atoms with Crippen LogP contribution in [0.2, 0.25) is 0 Å². The minimum atomic E-state index is -0.359. The van der Waals surface area contributed by atoms with Crippen LogP contribution < -0.4 is 5.32 Å². The van der Waals surface area contributed by atoms with Gasteiger partial charge in [-0.25, -0.2) is 9.37 Å². The zero-order chi connectivity index (χ0) is 19.3. The third-order valence-electron chi connectivity index (χ3n) is 4.31. The van der Waals surface area contributed by atoms with Crippen LogP contribution in [0.25, 0.3) is 21.8 Å². The van der Waals surface area contributed by atoms with Crippen LogP contribution in [0, 0.1) is 5.82 Å². The van der Waals surface area contributed by atoms with Gasteiger partial charge in [0, 0.05) is 28.6 Å². The van der Waals surface area contributed by atoms with Crippen LogP contribution in [-0.2, 0) is 6.54 Å². The van der Waals surface area contributed by atoms with Crippen LogP contribution in [0.3, 0.4) is 0 Å². The van der Waals surface area contributed by atoms with Gasteiger partial charge < -0.3 is 5.32 Å². The van der Waals surface area contributed by atoms with Gasteiger partial charge in [-0.15, -0.1) is 11.3 Å². The topological polar surface area (TPSA) is 42.0 Å². The summed E-state index contributed by atoms with van der Waals surface area (Å²) in [5, 5.41) is 5.85. The van der Waals surface area contributed by atoms with E-state index in [0.717, 1.165) is 27.4 Å². The van der Waals surface area contributed by atoms with E-state index >= 15 is 0 Å². The van der Waals surface area contributed by atoms with Crippen LogP contribution in [0.5, 0.6) is 0 Å². The van der Waals surface area contributed by atoms with Gasteiger partial charge in [0.25, 0.3) is 5.91 Å². The van der Waals surface area contributed by atoms with E-state index in [9.17, 15) is 9.18 Å². The number of halogens is 1. The summed E-state index contributed by atoms with van der Waals surface area (Å²) in [5.41, 5.74) is 4.47. The number of hydrogen-bond donors (Lipinski definition) is 1. The maximum absolute atomic E-state index is 13.0. The SMILES string of the molecule is O=C(NCc1cccc(-c2nc(-c3ccccc3)cs2)c1)c1ccc(F)cc1. The lowest BCUT2D eigenvalue weighted by molar-refractivity contribution is 0.0951. The van der Waals surface area contributed by atoms with E-state index < -0.39 is 0 Å². The summed E-state index contributed by atoms with van der Waals surface area (Å²) < 4.78 is 13.0. The molecule has 0 bridgehead atoms. The lowest BCUT2D eigenvalue weighted by atomic mass is 10.1. The monoisotopic (exact) mass is 388 g/mol. The summed E-state index contributed by atoms with van der Waals surface area (Å²) in [6.45, 7) is 0.390. The largest absolute Gasteiger partial charge is 0.348 e. The summed E-state index contributed by atoms with van der Waals surface area (Å²) in [4.78, 5) is 16.9. The molecule has 0 saturated heterocycles. The average Bonchev–Trinajstić information content (AvgIpc) is 3.24. The van der Waals surface area contributed by atoms with Crippen molar-refractivity contribution in [1.29, 1.82) is 0 Å². The molecule has 0 saturated carbocycles. The van der Waals surface area contributed by atoms with Crippen LogP contribution in [0.15, 0.2) is 84.2 Å². The van der Waals surface area contributed by atoms with Gasteiger partial charge in [0.1, 0.15) is 10.8 Å². The Morgan fingerprint density at radius 1 is 0.929 bits per heavy atom. The number of amides is 1. The summed E-state index contributed by atoms with van der Waals surface area (Å²) in [6.07, 6.45) is 0. The Kier molecular flexibility index (Phi) is 5.26. The number of carbonyl (C=O) groups is 1. The van der Waals surface area contributed by atoms with Gasteiger partial charge in [0.2, 0.25) is 0 Å². The van der Waals surface area contributed by atoms with Crippen molar-refractivity contribution in [3.8, 4) is 21.8 Å². The molecule has 1 amide bonds. The molecule has 1 N–H and O–H groups in total.